The second kappa shape index (κ2) is 9.09. The molecule has 2 aromatic rings. The fourth-order valence-electron chi connectivity index (χ4n) is 4.20. The van der Waals surface area contributed by atoms with Crippen LogP contribution in [-0.2, 0) is 29.5 Å². The quantitative estimate of drug-likeness (QED) is 0.659. The number of aromatic nitrogens is 3. The first-order valence-electron chi connectivity index (χ1n) is 10.6. The van der Waals surface area contributed by atoms with Crippen molar-refractivity contribution in [2.24, 2.45) is 13.0 Å². The van der Waals surface area contributed by atoms with Gasteiger partial charge in [-0.05, 0) is 36.8 Å². The lowest BCUT2D eigenvalue weighted by atomic mass is 9.87. The van der Waals surface area contributed by atoms with Crippen molar-refractivity contribution in [3.05, 3.63) is 16.5 Å². The highest BCUT2D eigenvalue weighted by Crippen LogP contribution is 2.38. The summed E-state index contributed by atoms with van der Waals surface area (Å²) in [5.74, 6) is 2.18. The predicted molar refractivity (Wildman–Crippen MR) is 120 cm³/mol. The maximum Gasteiger partial charge on any atom is 0.233 e. The summed E-state index contributed by atoms with van der Waals surface area (Å²) in [4.78, 5) is 30.3. The molecule has 2 aliphatic rings. The average molecular weight is 448 g/mol. The molecular formula is C21H29N5O2S2. The van der Waals surface area contributed by atoms with Gasteiger partial charge in [-0.1, -0.05) is 25.1 Å². The molecule has 0 spiro atoms. The Morgan fingerprint density at radius 3 is 2.63 bits per heavy atom. The van der Waals surface area contributed by atoms with Gasteiger partial charge in [0.05, 0.1) is 10.6 Å². The summed E-state index contributed by atoms with van der Waals surface area (Å²) >= 11 is 3.27. The molecule has 1 fully saturated rings. The van der Waals surface area contributed by atoms with E-state index in [0.717, 1.165) is 16.9 Å². The topological polar surface area (TPSA) is 71.3 Å². The number of carbonyl (C=O) groups excluding carboxylic acids is 2. The van der Waals surface area contributed by atoms with Crippen molar-refractivity contribution < 1.29 is 9.59 Å². The molecule has 7 nitrogen and oxygen atoms in total. The molecular weight excluding hydrogens is 418 g/mol. The molecule has 1 aliphatic heterocycles. The molecule has 1 unspecified atom stereocenters. The van der Waals surface area contributed by atoms with Gasteiger partial charge in [-0.2, -0.15) is 0 Å². The fraction of sp³-hybridized carbons (Fsp3) is 0.619. The van der Waals surface area contributed by atoms with Crippen LogP contribution in [0.15, 0.2) is 11.2 Å². The highest BCUT2D eigenvalue weighted by Gasteiger charge is 2.24. The number of nitrogens with zero attached hydrogens (tertiary/aromatic N) is 5. The van der Waals surface area contributed by atoms with Crippen molar-refractivity contribution in [2.45, 2.75) is 44.7 Å². The molecule has 0 aromatic carbocycles. The van der Waals surface area contributed by atoms with Gasteiger partial charge in [0.2, 0.25) is 11.8 Å². The summed E-state index contributed by atoms with van der Waals surface area (Å²) < 4.78 is 2.00. The number of piperazine rings is 1. The number of fused-ring (bicyclic) bond motifs is 1. The standard InChI is InChI=1S/C21H29N5O2S2/c1-4-15-5-6-17-16(11-15)12-18(30-17)20-22-23-21(24(20)3)29-13-19(28)26-9-7-25(8-10-26)14(2)27/h12,15H,4-11,13H2,1-3H3. The summed E-state index contributed by atoms with van der Waals surface area (Å²) in [6.45, 7) is 6.28. The van der Waals surface area contributed by atoms with E-state index in [-0.39, 0.29) is 11.8 Å². The van der Waals surface area contributed by atoms with Crippen LogP contribution in [-0.4, -0.2) is 68.3 Å². The highest BCUT2D eigenvalue weighted by molar-refractivity contribution is 7.99. The highest BCUT2D eigenvalue weighted by atomic mass is 32.2. The van der Waals surface area contributed by atoms with Crippen molar-refractivity contribution >= 4 is 34.9 Å². The Kier molecular flexibility index (Phi) is 6.48. The average Bonchev–Trinajstić information content (AvgIpc) is 3.34. The first kappa shape index (κ1) is 21.4. The van der Waals surface area contributed by atoms with Crippen LogP contribution in [0, 0.1) is 5.92 Å². The third-order valence-corrected chi connectivity index (χ3v) is 8.46. The summed E-state index contributed by atoms with van der Waals surface area (Å²) in [6, 6.07) is 2.29. The molecule has 30 heavy (non-hydrogen) atoms. The molecule has 9 heteroatoms. The van der Waals surface area contributed by atoms with Crippen LogP contribution >= 0.6 is 23.1 Å². The number of rotatable bonds is 5. The number of thioether (sulfide) groups is 1. The van der Waals surface area contributed by atoms with Gasteiger partial charge in [0.15, 0.2) is 11.0 Å². The van der Waals surface area contributed by atoms with Crippen LogP contribution in [0.5, 0.6) is 0 Å². The molecule has 0 saturated carbocycles. The number of hydrogen-bond donors (Lipinski definition) is 0. The van der Waals surface area contributed by atoms with Crippen LogP contribution in [0.1, 0.15) is 37.1 Å². The van der Waals surface area contributed by atoms with Crippen molar-refractivity contribution in [1.29, 1.82) is 0 Å². The Balaban J connectivity index is 1.37. The minimum Gasteiger partial charge on any atom is -0.339 e. The van der Waals surface area contributed by atoms with E-state index in [9.17, 15) is 9.59 Å². The van der Waals surface area contributed by atoms with Crippen LogP contribution < -0.4 is 0 Å². The molecule has 0 radical (unpaired) electrons. The van der Waals surface area contributed by atoms with Gasteiger partial charge >= 0.3 is 0 Å². The lowest BCUT2D eigenvalue weighted by Gasteiger charge is -2.34. The molecule has 0 N–H and O–H groups in total. The van der Waals surface area contributed by atoms with E-state index in [1.807, 2.05) is 27.9 Å². The van der Waals surface area contributed by atoms with Gasteiger partial charge in [0.25, 0.3) is 0 Å². The maximum absolute atomic E-state index is 12.6. The molecule has 3 heterocycles. The van der Waals surface area contributed by atoms with Crippen molar-refractivity contribution in [3.63, 3.8) is 0 Å². The Morgan fingerprint density at radius 1 is 1.20 bits per heavy atom. The van der Waals surface area contributed by atoms with Crippen LogP contribution in [0.3, 0.4) is 0 Å². The summed E-state index contributed by atoms with van der Waals surface area (Å²) in [5, 5.41) is 9.53. The predicted octanol–water partition coefficient (Wildman–Crippen LogP) is 2.84. The normalized spacial score (nSPS) is 19.1. The van der Waals surface area contributed by atoms with Crippen LogP contribution in [0.2, 0.25) is 0 Å². The smallest absolute Gasteiger partial charge is 0.233 e. The largest absolute Gasteiger partial charge is 0.339 e. The van der Waals surface area contributed by atoms with Crippen molar-refractivity contribution in [2.75, 3.05) is 31.9 Å². The Morgan fingerprint density at radius 2 is 1.93 bits per heavy atom. The third-order valence-electron chi connectivity index (χ3n) is 6.22. The zero-order valence-corrected chi connectivity index (χ0v) is 19.5. The minimum absolute atomic E-state index is 0.0727. The monoisotopic (exact) mass is 447 g/mol. The summed E-state index contributed by atoms with van der Waals surface area (Å²) in [7, 11) is 1.97. The molecule has 0 bridgehead atoms. The Hall–Kier alpha value is -1.87. The van der Waals surface area contributed by atoms with Gasteiger partial charge in [0.1, 0.15) is 0 Å². The number of aryl methyl sites for hydroxylation is 1. The molecule has 2 amide bonds. The van der Waals surface area contributed by atoms with E-state index in [1.165, 1.54) is 52.8 Å². The Bertz CT molecular complexity index is 930. The lowest BCUT2D eigenvalue weighted by Crippen LogP contribution is -2.50. The minimum atomic E-state index is 0.0727. The Labute approximate surface area is 185 Å². The maximum atomic E-state index is 12.6. The van der Waals surface area contributed by atoms with E-state index in [4.69, 9.17) is 0 Å². The van der Waals surface area contributed by atoms with E-state index < -0.39 is 0 Å². The van der Waals surface area contributed by atoms with Gasteiger partial charge in [-0.15, -0.1) is 21.5 Å². The molecule has 1 atom stereocenters. The van der Waals surface area contributed by atoms with E-state index in [1.54, 1.807) is 11.8 Å². The second-order valence-electron chi connectivity index (χ2n) is 8.12. The first-order chi connectivity index (χ1) is 14.5. The zero-order chi connectivity index (χ0) is 21.3. The molecule has 1 saturated heterocycles. The SMILES string of the molecule is CCC1CCc2sc(-c3nnc(SCC(=O)N4CCN(C(C)=O)CC4)n3C)cc2C1. The zero-order valence-electron chi connectivity index (χ0n) is 17.9. The number of carbonyl (C=O) groups is 2. The van der Waals surface area contributed by atoms with Gasteiger partial charge < -0.3 is 14.4 Å². The lowest BCUT2D eigenvalue weighted by molar-refractivity contribution is -0.136. The van der Waals surface area contributed by atoms with E-state index >= 15 is 0 Å². The van der Waals surface area contributed by atoms with Gasteiger partial charge in [-0.25, -0.2) is 0 Å². The fourth-order valence-corrected chi connectivity index (χ4v) is 6.24. The van der Waals surface area contributed by atoms with E-state index in [0.29, 0.717) is 31.9 Å². The second-order valence-corrected chi connectivity index (χ2v) is 10.2. The number of thiophene rings is 1. The molecule has 162 valence electrons. The van der Waals surface area contributed by atoms with E-state index in [2.05, 4.69) is 23.2 Å². The summed E-state index contributed by atoms with van der Waals surface area (Å²) in [6.07, 6.45) is 4.87. The van der Waals surface area contributed by atoms with Gasteiger partial charge in [0, 0.05) is 45.0 Å². The van der Waals surface area contributed by atoms with Crippen molar-refractivity contribution in [1.82, 2.24) is 24.6 Å². The molecule has 2 aromatic heterocycles. The first-order valence-corrected chi connectivity index (χ1v) is 12.4. The van der Waals surface area contributed by atoms with Crippen LogP contribution in [0.4, 0.5) is 0 Å². The van der Waals surface area contributed by atoms with Crippen LogP contribution in [0.25, 0.3) is 10.7 Å². The molecule has 1 aliphatic carbocycles. The van der Waals surface area contributed by atoms with Crippen molar-refractivity contribution in [3.8, 4) is 10.7 Å². The number of hydrogen-bond acceptors (Lipinski definition) is 6. The molecule has 4 rings (SSSR count). The third kappa shape index (κ3) is 4.42. The summed E-state index contributed by atoms with van der Waals surface area (Å²) in [5.41, 5.74) is 1.48. The number of amides is 2. The van der Waals surface area contributed by atoms with Gasteiger partial charge in [-0.3, -0.25) is 9.59 Å².